The van der Waals surface area contributed by atoms with Gasteiger partial charge in [-0.15, -0.1) is 0 Å². The number of nitrogens with one attached hydrogen (secondary N) is 3. The van der Waals surface area contributed by atoms with Crippen LogP contribution in [0.3, 0.4) is 0 Å². The monoisotopic (exact) mass is 387 g/mol. The third-order valence-corrected chi connectivity index (χ3v) is 5.85. The van der Waals surface area contributed by atoms with E-state index in [0.29, 0.717) is 12.1 Å². The van der Waals surface area contributed by atoms with Crippen molar-refractivity contribution in [2.45, 2.75) is 25.2 Å². The lowest BCUT2D eigenvalue weighted by Crippen LogP contribution is -2.28. The summed E-state index contributed by atoms with van der Waals surface area (Å²) in [6.07, 6.45) is 0.566. The van der Waals surface area contributed by atoms with Gasteiger partial charge in [-0.1, -0.05) is 29.8 Å². The van der Waals surface area contributed by atoms with Gasteiger partial charge in [0, 0.05) is 6.54 Å². The van der Waals surface area contributed by atoms with Crippen molar-refractivity contribution >= 4 is 33.2 Å². The quantitative estimate of drug-likeness (QED) is 0.683. The molecular weight excluding hydrogens is 366 g/mol. The van der Waals surface area contributed by atoms with Crippen LogP contribution in [0.4, 0.5) is 11.4 Å². The van der Waals surface area contributed by atoms with E-state index < -0.39 is 27.8 Å². The first kappa shape index (κ1) is 19.1. The van der Waals surface area contributed by atoms with Crippen molar-refractivity contribution in [3.63, 3.8) is 0 Å². The molecule has 3 N–H and O–H groups in total. The molecule has 1 unspecified atom stereocenters. The zero-order valence-electron chi connectivity index (χ0n) is 15.1. The van der Waals surface area contributed by atoms with Gasteiger partial charge < -0.3 is 10.6 Å². The minimum Gasteiger partial charge on any atom is -0.324 e. The van der Waals surface area contributed by atoms with Crippen LogP contribution in [0.15, 0.2) is 47.4 Å². The molecular formula is C19H21N3O4S. The Labute approximate surface area is 158 Å². The first-order chi connectivity index (χ1) is 12.8. The highest BCUT2D eigenvalue weighted by Crippen LogP contribution is 2.28. The van der Waals surface area contributed by atoms with Gasteiger partial charge in [-0.3, -0.25) is 9.59 Å². The van der Waals surface area contributed by atoms with Crippen LogP contribution in [0.25, 0.3) is 0 Å². The van der Waals surface area contributed by atoms with Gasteiger partial charge in [-0.25, -0.2) is 13.1 Å². The predicted molar refractivity (Wildman–Crippen MR) is 103 cm³/mol. The zero-order valence-corrected chi connectivity index (χ0v) is 15.9. The average Bonchev–Trinajstić information content (AvgIpc) is 2.71. The van der Waals surface area contributed by atoms with Crippen LogP contribution in [0, 0.1) is 12.8 Å². The van der Waals surface area contributed by atoms with Crippen LogP contribution in [0.1, 0.15) is 18.1 Å². The van der Waals surface area contributed by atoms with Gasteiger partial charge >= 0.3 is 0 Å². The van der Waals surface area contributed by atoms with E-state index in [0.717, 1.165) is 11.1 Å². The van der Waals surface area contributed by atoms with E-state index in [9.17, 15) is 18.0 Å². The Balaban J connectivity index is 1.74. The number of rotatable bonds is 5. The van der Waals surface area contributed by atoms with Crippen molar-refractivity contribution in [1.82, 2.24) is 4.72 Å². The molecule has 1 heterocycles. The number of aryl methyl sites for hydroxylation is 1. The van der Waals surface area contributed by atoms with Crippen molar-refractivity contribution in [2.24, 2.45) is 5.92 Å². The molecule has 7 nitrogen and oxygen atoms in total. The molecule has 8 heteroatoms. The molecule has 0 fully saturated rings. The lowest BCUT2D eigenvalue weighted by Gasteiger charge is -2.11. The van der Waals surface area contributed by atoms with Crippen molar-refractivity contribution < 1.29 is 18.0 Å². The predicted octanol–water partition coefficient (Wildman–Crippen LogP) is 2.04. The molecule has 1 atom stereocenters. The highest BCUT2D eigenvalue weighted by atomic mass is 32.2. The second-order valence-electron chi connectivity index (χ2n) is 6.54. The number of fused-ring (bicyclic) bond motifs is 1. The summed E-state index contributed by atoms with van der Waals surface area (Å²) in [4.78, 5) is 23.9. The van der Waals surface area contributed by atoms with Gasteiger partial charge in [0.1, 0.15) is 5.92 Å². The second kappa shape index (κ2) is 7.50. The fourth-order valence-corrected chi connectivity index (χ4v) is 3.84. The van der Waals surface area contributed by atoms with E-state index in [4.69, 9.17) is 0 Å². The molecule has 0 saturated carbocycles. The summed E-state index contributed by atoms with van der Waals surface area (Å²) in [7, 11) is -3.74. The number of carbonyl (C=O) groups excluding carboxylic acids is 2. The zero-order chi connectivity index (χ0) is 19.6. The number of sulfonamides is 1. The molecule has 0 bridgehead atoms. The third kappa shape index (κ3) is 4.35. The number of hydrogen-bond acceptors (Lipinski definition) is 4. The number of hydrogen-bond donors (Lipinski definition) is 3. The molecule has 1 aliphatic rings. The van der Waals surface area contributed by atoms with Crippen LogP contribution >= 0.6 is 0 Å². The fraction of sp³-hybridized carbons (Fsp3) is 0.263. The standard InChI is InChI=1S/C19H21N3O4S/c1-12-4-3-5-14(10-12)8-9-20-27(25,26)15-6-7-16-17(11-15)22-19(24)13(2)18(23)21-16/h3-7,10-11,13,20H,8-9H2,1-2H3,(H,21,23)(H,22,24). The van der Waals surface area contributed by atoms with Gasteiger partial charge in [0.05, 0.1) is 16.3 Å². The number of carbonyl (C=O) groups is 2. The largest absolute Gasteiger partial charge is 0.324 e. The summed E-state index contributed by atoms with van der Waals surface area (Å²) in [5.74, 6) is -1.77. The van der Waals surface area contributed by atoms with E-state index >= 15 is 0 Å². The normalized spacial score (nSPS) is 16.9. The van der Waals surface area contributed by atoms with Crippen LogP contribution in [-0.2, 0) is 26.0 Å². The molecule has 2 aromatic carbocycles. The maximum atomic E-state index is 12.6. The Morgan fingerprint density at radius 1 is 1.00 bits per heavy atom. The first-order valence-electron chi connectivity index (χ1n) is 8.57. The molecule has 0 spiro atoms. The van der Waals surface area contributed by atoms with Crippen molar-refractivity contribution in [3.8, 4) is 0 Å². The van der Waals surface area contributed by atoms with Crippen LogP contribution in [-0.4, -0.2) is 26.8 Å². The molecule has 0 aliphatic carbocycles. The maximum absolute atomic E-state index is 12.6. The molecule has 2 aromatic rings. The minimum atomic E-state index is -3.74. The summed E-state index contributed by atoms with van der Waals surface area (Å²) in [6, 6.07) is 12.1. The van der Waals surface area contributed by atoms with Gasteiger partial charge in [0.25, 0.3) is 0 Å². The fourth-order valence-electron chi connectivity index (χ4n) is 2.78. The Hall–Kier alpha value is -2.71. The maximum Gasteiger partial charge on any atom is 0.240 e. The second-order valence-corrected chi connectivity index (χ2v) is 8.31. The minimum absolute atomic E-state index is 0.0228. The van der Waals surface area contributed by atoms with Crippen molar-refractivity contribution in [3.05, 3.63) is 53.6 Å². The lowest BCUT2D eigenvalue weighted by molar-refractivity contribution is -0.128. The Morgan fingerprint density at radius 2 is 1.70 bits per heavy atom. The van der Waals surface area contributed by atoms with Crippen LogP contribution in [0.5, 0.6) is 0 Å². The SMILES string of the molecule is Cc1cccc(CCNS(=O)(=O)c2ccc3c(c2)NC(=O)C(C)C(=O)N3)c1. The van der Waals surface area contributed by atoms with E-state index in [-0.39, 0.29) is 17.1 Å². The number of amides is 2. The average molecular weight is 387 g/mol. The highest BCUT2D eigenvalue weighted by Gasteiger charge is 2.27. The molecule has 0 aromatic heterocycles. The smallest absolute Gasteiger partial charge is 0.240 e. The molecule has 0 saturated heterocycles. The number of benzene rings is 2. The van der Waals surface area contributed by atoms with Gasteiger partial charge in [0.15, 0.2) is 0 Å². The molecule has 142 valence electrons. The summed E-state index contributed by atoms with van der Waals surface area (Å²) < 4.78 is 27.7. The topological polar surface area (TPSA) is 104 Å². The third-order valence-electron chi connectivity index (χ3n) is 4.39. The highest BCUT2D eigenvalue weighted by molar-refractivity contribution is 7.89. The van der Waals surface area contributed by atoms with Gasteiger partial charge in [-0.05, 0) is 44.0 Å². The van der Waals surface area contributed by atoms with Crippen molar-refractivity contribution in [2.75, 3.05) is 17.2 Å². The summed E-state index contributed by atoms with van der Waals surface area (Å²) in [5, 5.41) is 5.20. The van der Waals surface area contributed by atoms with Crippen molar-refractivity contribution in [1.29, 1.82) is 0 Å². The van der Waals surface area contributed by atoms with Gasteiger partial charge in [0.2, 0.25) is 21.8 Å². The summed E-state index contributed by atoms with van der Waals surface area (Å²) >= 11 is 0. The molecule has 27 heavy (non-hydrogen) atoms. The van der Waals surface area contributed by atoms with Crippen LogP contribution < -0.4 is 15.4 Å². The van der Waals surface area contributed by atoms with E-state index in [1.165, 1.54) is 25.1 Å². The van der Waals surface area contributed by atoms with E-state index in [1.807, 2.05) is 31.2 Å². The van der Waals surface area contributed by atoms with E-state index in [1.54, 1.807) is 0 Å². The van der Waals surface area contributed by atoms with Gasteiger partial charge in [-0.2, -0.15) is 0 Å². The lowest BCUT2D eigenvalue weighted by atomic mass is 10.1. The first-order valence-corrected chi connectivity index (χ1v) is 10.1. The molecule has 2 amide bonds. The Bertz CT molecular complexity index is 1000. The Morgan fingerprint density at radius 3 is 2.41 bits per heavy atom. The number of anilines is 2. The van der Waals surface area contributed by atoms with Crippen LogP contribution in [0.2, 0.25) is 0 Å². The molecule has 0 radical (unpaired) electrons. The molecule has 3 rings (SSSR count). The summed E-state index contributed by atoms with van der Waals surface area (Å²) in [6.45, 7) is 3.72. The molecule has 1 aliphatic heterocycles. The summed E-state index contributed by atoms with van der Waals surface area (Å²) in [5.41, 5.74) is 2.80. The Kier molecular flexibility index (Phi) is 5.29. The van der Waals surface area contributed by atoms with E-state index in [2.05, 4.69) is 15.4 Å².